The number of hydrogen-bond acceptors (Lipinski definition) is 4. The average molecular weight is 338 g/mol. The average Bonchev–Trinajstić information content (AvgIpc) is 2.92. The zero-order chi connectivity index (χ0) is 14.4. The zero-order valence-electron chi connectivity index (χ0n) is 11.9. The van der Waals surface area contributed by atoms with E-state index in [0.717, 1.165) is 35.8 Å². The molecule has 1 aromatic carbocycles. The summed E-state index contributed by atoms with van der Waals surface area (Å²) in [6, 6.07) is 8.37. The molecule has 0 radical (unpaired) electrons. The number of hydrogen-bond donors (Lipinski definition) is 1. The van der Waals surface area contributed by atoms with E-state index in [2.05, 4.69) is 45.2 Å². The summed E-state index contributed by atoms with van der Waals surface area (Å²) in [4.78, 5) is 4.45. The minimum atomic E-state index is 0.469. The van der Waals surface area contributed by atoms with Crippen LogP contribution in [0.4, 0.5) is 0 Å². The van der Waals surface area contributed by atoms with Gasteiger partial charge in [0.1, 0.15) is 0 Å². The first-order valence-electron chi connectivity index (χ1n) is 7.01. The van der Waals surface area contributed by atoms with Gasteiger partial charge in [0.25, 0.3) is 0 Å². The van der Waals surface area contributed by atoms with Crippen LogP contribution in [0.5, 0.6) is 0 Å². The Balaban J connectivity index is 1.92. The van der Waals surface area contributed by atoms with Crippen molar-refractivity contribution in [2.45, 2.75) is 39.2 Å². The highest BCUT2D eigenvalue weighted by Gasteiger charge is 2.10. The standard InChI is InChI=1S/C15H20BrN3O/c1-3-9-17-11(2)7-8-14-18-15(19-20-14)12-5-4-6-13(16)10-12/h4-6,10-11,17H,3,7-9H2,1-2H3. The van der Waals surface area contributed by atoms with Crippen molar-refractivity contribution in [3.63, 3.8) is 0 Å². The highest BCUT2D eigenvalue weighted by molar-refractivity contribution is 9.10. The van der Waals surface area contributed by atoms with Crippen molar-refractivity contribution in [1.82, 2.24) is 15.5 Å². The van der Waals surface area contributed by atoms with Gasteiger partial charge >= 0.3 is 0 Å². The number of halogens is 1. The van der Waals surface area contributed by atoms with Gasteiger partial charge in [0.15, 0.2) is 0 Å². The second-order valence-corrected chi connectivity index (χ2v) is 5.83. The minimum absolute atomic E-state index is 0.469. The predicted molar refractivity (Wildman–Crippen MR) is 83.5 cm³/mol. The summed E-state index contributed by atoms with van der Waals surface area (Å²) in [5, 5.41) is 7.49. The summed E-state index contributed by atoms with van der Waals surface area (Å²) < 4.78 is 6.32. The molecular weight excluding hydrogens is 318 g/mol. The molecule has 0 saturated heterocycles. The summed E-state index contributed by atoms with van der Waals surface area (Å²) in [5.74, 6) is 1.35. The van der Waals surface area contributed by atoms with E-state index in [1.54, 1.807) is 0 Å². The lowest BCUT2D eigenvalue weighted by atomic mass is 10.2. The maximum absolute atomic E-state index is 5.31. The van der Waals surface area contributed by atoms with Crippen molar-refractivity contribution >= 4 is 15.9 Å². The molecule has 1 aromatic heterocycles. The molecule has 0 spiro atoms. The van der Waals surface area contributed by atoms with Gasteiger partial charge in [-0.2, -0.15) is 4.98 Å². The van der Waals surface area contributed by atoms with E-state index in [-0.39, 0.29) is 0 Å². The molecule has 1 N–H and O–H groups in total. The molecule has 1 unspecified atom stereocenters. The lowest BCUT2D eigenvalue weighted by Crippen LogP contribution is -2.27. The maximum Gasteiger partial charge on any atom is 0.227 e. The molecule has 0 bridgehead atoms. The number of aromatic nitrogens is 2. The van der Waals surface area contributed by atoms with Crippen molar-refractivity contribution in [2.24, 2.45) is 0 Å². The van der Waals surface area contributed by atoms with Crippen LogP contribution in [0, 0.1) is 0 Å². The first-order chi connectivity index (χ1) is 9.69. The lowest BCUT2D eigenvalue weighted by Gasteiger charge is -2.10. The number of rotatable bonds is 7. The molecule has 20 heavy (non-hydrogen) atoms. The zero-order valence-corrected chi connectivity index (χ0v) is 13.5. The van der Waals surface area contributed by atoms with Crippen LogP contribution < -0.4 is 5.32 Å². The third-order valence-electron chi connectivity index (χ3n) is 3.08. The fourth-order valence-corrected chi connectivity index (χ4v) is 2.33. The van der Waals surface area contributed by atoms with Crippen molar-refractivity contribution in [3.05, 3.63) is 34.6 Å². The number of aryl methyl sites for hydroxylation is 1. The van der Waals surface area contributed by atoms with E-state index in [4.69, 9.17) is 4.52 Å². The Kier molecular flexibility index (Phi) is 5.73. The number of nitrogens with one attached hydrogen (secondary N) is 1. The van der Waals surface area contributed by atoms with Crippen LogP contribution in [0.1, 0.15) is 32.6 Å². The van der Waals surface area contributed by atoms with Gasteiger partial charge in [0, 0.05) is 22.5 Å². The van der Waals surface area contributed by atoms with E-state index in [0.29, 0.717) is 17.8 Å². The molecule has 0 aliphatic heterocycles. The van der Waals surface area contributed by atoms with Gasteiger partial charge in [-0.1, -0.05) is 40.1 Å². The normalized spacial score (nSPS) is 12.6. The minimum Gasteiger partial charge on any atom is -0.339 e. The van der Waals surface area contributed by atoms with Crippen LogP contribution in [-0.4, -0.2) is 22.7 Å². The molecule has 5 heteroatoms. The molecule has 0 saturated carbocycles. The quantitative estimate of drug-likeness (QED) is 0.834. The molecule has 2 rings (SSSR count). The van der Waals surface area contributed by atoms with E-state index in [1.165, 1.54) is 0 Å². The first kappa shape index (κ1) is 15.2. The highest BCUT2D eigenvalue weighted by Crippen LogP contribution is 2.20. The van der Waals surface area contributed by atoms with Gasteiger partial charge in [0.2, 0.25) is 11.7 Å². The molecule has 108 valence electrons. The fourth-order valence-electron chi connectivity index (χ4n) is 1.93. The van der Waals surface area contributed by atoms with Crippen LogP contribution in [0.2, 0.25) is 0 Å². The third kappa shape index (κ3) is 4.42. The fraction of sp³-hybridized carbons (Fsp3) is 0.467. The van der Waals surface area contributed by atoms with Gasteiger partial charge in [-0.3, -0.25) is 0 Å². The Morgan fingerprint density at radius 2 is 2.25 bits per heavy atom. The molecule has 0 fully saturated rings. The second-order valence-electron chi connectivity index (χ2n) is 4.92. The van der Waals surface area contributed by atoms with Crippen LogP contribution >= 0.6 is 15.9 Å². The van der Waals surface area contributed by atoms with Crippen LogP contribution in [0.3, 0.4) is 0 Å². The Hall–Kier alpha value is -1.20. The molecule has 0 aliphatic rings. The lowest BCUT2D eigenvalue weighted by molar-refractivity contribution is 0.367. The van der Waals surface area contributed by atoms with Crippen molar-refractivity contribution < 1.29 is 4.52 Å². The van der Waals surface area contributed by atoms with E-state index in [9.17, 15) is 0 Å². The highest BCUT2D eigenvalue weighted by atomic mass is 79.9. The summed E-state index contributed by atoms with van der Waals surface area (Å²) in [6.07, 6.45) is 2.96. The largest absolute Gasteiger partial charge is 0.339 e. The van der Waals surface area contributed by atoms with Crippen LogP contribution in [0.25, 0.3) is 11.4 Å². The molecule has 2 aromatic rings. The van der Waals surface area contributed by atoms with Gasteiger partial charge in [-0.15, -0.1) is 0 Å². The Morgan fingerprint density at radius 1 is 1.40 bits per heavy atom. The molecule has 1 atom stereocenters. The first-order valence-corrected chi connectivity index (χ1v) is 7.80. The Morgan fingerprint density at radius 3 is 3.00 bits per heavy atom. The van der Waals surface area contributed by atoms with Gasteiger partial charge < -0.3 is 9.84 Å². The van der Waals surface area contributed by atoms with E-state index in [1.807, 2.05) is 24.3 Å². The summed E-state index contributed by atoms with van der Waals surface area (Å²) in [7, 11) is 0. The smallest absolute Gasteiger partial charge is 0.227 e. The third-order valence-corrected chi connectivity index (χ3v) is 3.58. The summed E-state index contributed by atoms with van der Waals surface area (Å²) >= 11 is 3.45. The van der Waals surface area contributed by atoms with Gasteiger partial charge in [-0.25, -0.2) is 0 Å². The topological polar surface area (TPSA) is 51.0 Å². The van der Waals surface area contributed by atoms with E-state index < -0.39 is 0 Å². The molecule has 0 aliphatic carbocycles. The molecule has 1 heterocycles. The number of nitrogens with zero attached hydrogens (tertiary/aromatic N) is 2. The second kappa shape index (κ2) is 7.55. The van der Waals surface area contributed by atoms with Crippen LogP contribution in [0.15, 0.2) is 33.3 Å². The molecule has 4 nitrogen and oxygen atoms in total. The Bertz CT molecular complexity index is 541. The van der Waals surface area contributed by atoms with Crippen molar-refractivity contribution in [1.29, 1.82) is 0 Å². The van der Waals surface area contributed by atoms with Crippen molar-refractivity contribution in [3.8, 4) is 11.4 Å². The molecule has 0 amide bonds. The SMILES string of the molecule is CCCNC(C)CCc1nc(-c2cccc(Br)c2)no1. The van der Waals surface area contributed by atoms with E-state index >= 15 is 0 Å². The number of benzene rings is 1. The van der Waals surface area contributed by atoms with Gasteiger partial charge in [0.05, 0.1) is 0 Å². The predicted octanol–water partition coefficient (Wildman–Crippen LogP) is 3.82. The summed E-state index contributed by atoms with van der Waals surface area (Å²) in [5.41, 5.74) is 0.964. The van der Waals surface area contributed by atoms with Crippen molar-refractivity contribution in [2.75, 3.05) is 6.54 Å². The van der Waals surface area contributed by atoms with Gasteiger partial charge in [-0.05, 0) is 38.4 Å². The van der Waals surface area contributed by atoms with Crippen LogP contribution in [-0.2, 0) is 6.42 Å². The monoisotopic (exact) mass is 337 g/mol. The molecular formula is C15H20BrN3O. The summed E-state index contributed by atoms with van der Waals surface area (Å²) in [6.45, 7) is 5.40. The maximum atomic E-state index is 5.31. The Labute approximate surface area is 128 Å².